The van der Waals surface area contributed by atoms with Gasteiger partial charge in [-0.15, -0.1) is 0 Å². The molecule has 0 aliphatic carbocycles. The predicted molar refractivity (Wildman–Crippen MR) is 71.1 cm³/mol. The molecule has 3 nitrogen and oxygen atoms in total. The van der Waals surface area contributed by atoms with Crippen LogP contribution in [0.5, 0.6) is 0 Å². The standard InChI is InChI=1S/C14H23N3/c1-3-14(13-7-4-6-12(2)16-13)17-10-5-8-15-9-11-17/h4,6-7,14-15H,3,5,8-11H2,1-2H3. The van der Waals surface area contributed by atoms with Gasteiger partial charge in [0.25, 0.3) is 0 Å². The molecule has 1 aliphatic heterocycles. The van der Waals surface area contributed by atoms with Crippen molar-refractivity contribution in [1.29, 1.82) is 0 Å². The molecule has 2 heterocycles. The first-order valence-corrected chi connectivity index (χ1v) is 6.69. The van der Waals surface area contributed by atoms with E-state index >= 15 is 0 Å². The Morgan fingerprint density at radius 1 is 1.35 bits per heavy atom. The number of hydrogen-bond acceptors (Lipinski definition) is 3. The van der Waals surface area contributed by atoms with Crippen LogP contribution in [0.1, 0.15) is 37.2 Å². The molecule has 0 radical (unpaired) electrons. The van der Waals surface area contributed by atoms with Crippen LogP contribution < -0.4 is 5.32 Å². The molecule has 1 unspecified atom stereocenters. The average molecular weight is 233 g/mol. The van der Waals surface area contributed by atoms with Gasteiger partial charge in [0.15, 0.2) is 0 Å². The van der Waals surface area contributed by atoms with Gasteiger partial charge in [-0.25, -0.2) is 0 Å². The first-order valence-electron chi connectivity index (χ1n) is 6.69. The third-order valence-electron chi connectivity index (χ3n) is 3.45. The smallest absolute Gasteiger partial charge is 0.0578 e. The van der Waals surface area contributed by atoms with Gasteiger partial charge in [-0.1, -0.05) is 13.0 Å². The third-order valence-corrected chi connectivity index (χ3v) is 3.45. The summed E-state index contributed by atoms with van der Waals surface area (Å²) in [6.45, 7) is 8.89. The second-order valence-electron chi connectivity index (χ2n) is 4.77. The lowest BCUT2D eigenvalue weighted by Gasteiger charge is -2.29. The van der Waals surface area contributed by atoms with Crippen LogP contribution in [0.15, 0.2) is 18.2 Å². The third kappa shape index (κ3) is 3.27. The molecule has 0 bridgehead atoms. The Balaban J connectivity index is 2.14. The van der Waals surface area contributed by atoms with Gasteiger partial charge in [0.1, 0.15) is 0 Å². The van der Waals surface area contributed by atoms with Gasteiger partial charge in [0.05, 0.1) is 11.7 Å². The van der Waals surface area contributed by atoms with Gasteiger partial charge in [-0.05, 0) is 38.4 Å². The number of aromatic nitrogens is 1. The maximum Gasteiger partial charge on any atom is 0.0578 e. The van der Waals surface area contributed by atoms with Crippen LogP contribution in [0, 0.1) is 6.92 Å². The number of hydrogen-bond donors (Lipinski definition) is 1. The van der Waals surface area contributed by atoms with E-state index in [0.717, 1.165) is 31.7 Å². The molecule has 3 heteroatoms. The van der Waals surface area contributed by atoms with Crippen molar-refractivity contribution in [2.75, 3.05) is 26.2 Å². The molecule has 0 amide bonds. The topological polar surface area (TPSA) is 28.2 Å². The number of pyridine rings is 1. The molecular weight excluding hydrogens is 210 g/mol. The second-order valence-corrected chi connectivity index (χ2v) is 4.77. The van der Waals surface area contributed by atoms with Crippen molar-refractivity contribution in [3.05, 3.63) is 29.6 Å². The van der Waals surface area contributed by atoms with Gasteiger partial charge in [0.2, 0.25) is 0 Å². The number of aryl methyl sites for hydroxylation is 1. The van der Waals surface area contributed by atoms with Gasteiger partial charge >= 0.3 is 0 Å². The molecule has 1 aliphatic rings. The molecular formula is C14H23N3. The molecule has 1 aromatic rings. The van der Waals surface area contributed by atoms with E-state index < -0.39 is 0 Å². The Bertz CT molecular complexity index is 343. The molecule has 94 valence electrons. The number of nitrogens with zero attached hydrogens (tertiary/aromatic N) is 2. The highest BCUT2D eigenvalue weighted by Gasteiger charge is 2.20. The summed E-state index contributed by atoms with van der Waals surface area (Å²) in [5.74, 6) is 0. The predicted octanol–water partition coefficient (Wildman–Crippen LogP) is 2.14. The Labute approximate surface area is 104 Å². The van der Waals surface area contributed by atoms with E-state index in [9.17, 15) is 0 Å². The van der Waals surface area contributed by atoms with Crippen LogP contribution in [-0.4, -0.2) is 36.1 Å². The average Bonchev–Trinajstić information content (AvgIpc) is 2.59. The summed E-state index contributed by atoms with van der Waals surface area (Å²) in [4.78, 5) is 7.26. The lowest BCUT2D eigenvalue weighted by Crippen LogP contribution is -2.32. The summed E-state index contributed by atoms with van der Waals surface area (Å²) in [5, 5.41) is 3.46. The van der Waals surface area contributed by atoms with Crippen molar-refractivity contribution < 1.29 is 0 Å². The molecule has 1 saturated heterocycles. The highest BCUT2D eigenvalue weighted by Crippen LogP contribution is 2.23. The second kappa shape index (κ2) is 6.12. The summed E-state index contributed by atoms with van der Waals surface area (Å²) in [6, 6.07) is 6.84. The van der Waals surface area contributed by atoms with Crippen LogP contribution in [0.25, 0.3) is 0 Å². The lowest BCUT2D eigenvalue weighted by atomic mass is 10.1. The van der Waals surface area contributed by atoms with Crippen LogP contribution in [0.4, 0.5) is 0 Å². The molecule has 1 atom stereocenters. The summed E-state index contributed by atoms with van der Waals surface area (Å²) in [6.07, 6.45) is 2.37. The molecule has 0 spiro atoms. The van der Waals surface area contributed by atoms with Crippen LogP contribution >= 0.6 is 0 Å². The van der Waals surface area contributed by atoms with E-state index in [1.807, 2.05) is 0 Å². The molecule has 1 aromatic heterocycles. The van der Waals surface area contributed by atoms with E-state index in [1.165, 1.54) is 18.7 Å². The van der Waals surface area contributed by atoms with E-state index in [-0.39, 0.29) is 0 Å². The van der Waals surface area contributed by atoms with Crippen molar-refractivity contribution in [1.82, 2.24) is 15.2 Å². The minimum Gasteiger partial charge on any atom is -0.315 e. The minimum atomic E-state index is 0.481. The normalized spacial score (nSPS) is 19.9. The molecule has 1 fully saturated rings. The quantitative estimate of drug-likeness (QED) is 0.867. The molecule has 0 aromatic carbocycles. The monoisotopic (exact) mass is 233 g/mol. The summed E-state index contributed by atoms with van der Waals surface area (Å²) in [7, 11) is 0. The van der Waals surface area contributed by atoms with Gasteiger partial charge < -0.3 is 5.32 Å². The van der Waals surface area contributed by atoms with Crippen LogP contribution in [0.2, 0.25) is 0 Å². The number of nitrogens with one attached hydrogen (secondary N) is 1. The fraction of sp³-hybridized carbons (Fsp3) is 0.643. The Hall–Kier alpha value is -0.930. The molecule has 0 saturated carbocycles. The Morgan fingerprint density at radius 2 is 2.24 bits per heavy atom. The highest BCUT2D eigenvalue weighted by molar-refractivity contribution is 5.13. The van der Waals surface area contributed by atoms with E-state index in [0.29, 0.717) is 6.04 Å². The van der Waals surface area contributed by atoms with Crippen molar-refractivity contribution in [3.8, 4) is 0 Å². The largest absolute Gasteiger partial charge is 0.315 e. The first-order chi connectivity index (χ1) is 8.31. The van der Waals surface area contributed by atoms with Gasteiger partial charge in [0, 0.05) is 25.3 Å². The van der Waals surface area contributed by atoms with Crippen molar-refractivity contribution >= 4 is 0 Å². The Morgan fingerprint density at radius 3 is 3.00 bits per heavy atom. The maximum absolute atomic E-state index is 4.69. The zero-order chi connectivity index (χ0) is 12.1. The van der Waals surface area contributed by atoms with Crippen molar-refractivity contribution in [3.63, 3.8) is 0 Å². The summed E-state index contributed by atoms with van der Waals surface area (Å²) < 4.78 is 0. The van der Waals surface area contributed by atoms with Crippen LogP contribution in [0.3, 0.4) is 0 Å². The molecule has 2 rings (SSSR count). The fourth-order valence-electron chi connectivity index (χ4n) is 2.58. The van der Waals surface area contributed by atoms with Gasteiger partial charge in [-0.2, -0.15) is 0 Å². The molecule has 1 N–H and O–H groups in total. The van der Waals surface area contributed by atoms with Gasteiger partial charge in [-0.3, -0.25) is 9.88 Å². The van der Waals surface area contributed by atoms with Crippen molar-refractivity contribution in [2.45, 2.75) is 32.7 Å². The maximum atomic E-state index is 4.69. The SMILES string of the molecule is CCC(c1cccc(C)n1)N1CCCNCC1. The zero-order valence-corrected chi connectivity index (χ0v) is 10.9. The molecule has 17 heavy (non-hydrogen) atoms. The fourth-order valence-corrected chi connectivity index (χ4v) is 2.58. The number of rotatable bonds is 3. The first kappa shape index (κ1) is 12.5. The lowest BCUT2D eigenvalue weighted by molar-refractivity contribution is 0.201. The summed E-state index contributed by atoms with van der Waals surface area (Å²) in [5.41, 5.74) is 2.35. The minimum absolute atomic E-state index is 0.481. The van der Waals surface area contributed by atoms with E-state index in [2.05, 4.69) is 47.2 Å². The van der Waals surface area contributed by atoms with Crippen molar-refractivity contribution in [2.24, 2.45) is 0 Å². The Kier molecular flexibility index (Phi) is 4.51. The zero-order valence-electron chi connectivity index (χ0n) is 10.9. The highest BCUT2D eigenvalue weighted by atomic mass is 15.2. The van der Waals surface area contributed by atoms with E-state index in [1.54, 1.807) is 0 Å². The summed E-state index contributed by atoms with van der Waals surface area (Å²) >= 11 is 0. The van der Waals surface area contributed by atoms with Crippen LogP contribution in [-0.2, 0) is 0 Å². The van der Waals surface area contributed by atoms with E-state index in [4.69, 9.17) is 0 Å².